The molecule has 0 saturated heterocycles. The lowest BCUT2D eigenvalue weighted by Gasteiger charge is -1.95. The van der Waals surface area contributed by atoms with Crippen LogP contribution in [-0.4, -0.2) is 22.6 Å². The molecule has 0 amide bonds. The lowest BCUT2D eigenvalue weighted by molar-refractivity contribution is -0.136. The van der Waals surface area contributed by atoms with Gasteiger partial charge in [0.25, 0.3) is 0 Å². The van der Waals surface area contributed by atoms with Crippen molar-refractivity contribution in [1.29, 1.82) is 0 Å². The highest BCUT2D eigenvalue weighted by atomic mass is 32.2. The van der Waals surface area contributed by atoms with E-state index in [0.717, 1.165) is 30.8 Å². The van der Waals surface area contributed by atoms with Crippen LogP contribution in [0.4, 0.5) is 0 Å². The molecule has 0 aliphatic heterocycles. The van der Waals surface area contributed by atoms with Crippen molar-refractivity contribution >= 4 is 17.7 Å². The van der Waals surface area contributed by atoms with E-state index in [2.05, 4.69) is 31.2 Å². The predicted molar refractivity (Wildman–Crippen MR) is 67.4 cm³/mol. The number of allylic oxidation sites excluding steroid dienone is 4. The maximum Gasteiger partial charge on any atom is 0.304 e. The molecule has 0 unspecified atom stereocenters. The van der Waals surface area contributed by atoms with E-state index in [1.54, 1.807) is 11.8 Å². The summed E-state index contributed by atoms with van der Waals surface area (Å²) in [7, 11) is 0. The summed E-state index contributed by atoms with van der Waals surface area (Å²) in [4.78, 5) is 10.2. The smallest absolute Gasteiger partial charge is 0.304 e. The number of hydrogen-bond acceptors (Lipinski definition) is 2. The number of thioether (sulfide) groups is 1. The van der Waals surface area contributed by atoms with Gasteiger partial charge < -0.3 is 5.11 Å². The number of carboxylic acids is 1. The van der Waals surface area contributed by atoms with E-state index in [4.69, 9.17) is 5.11 Å². The van der Waals surface area contributed by atoms with Gasteiger partial charge in [0.15, 0.2) is 0 Å². The van der Waals surface area contributed by atoms with Crippen molar-refractivity contribution in [1.82, 2.24) is 0 Å². The van der Waals surface area contributed by atoms with Crippen LogP contribution in [0.2, 0.25) is 0 Å². The van der Waals surface area contributed by atoms with Crippen LogP contribution >= 0.6 is 11.8 Å². The van der Waals surface area contributed by atoms with Crippen LogP contribution in [0, 0.1) is 0 Å². The summed E-state index contributed by atoms with van der Waals surface area (Å²) < 4.78 is 0. The zero-order valence-electron chi connectivity index (χ0n) is 9.32. The second kappa shape index (κ2) is 11.4. The van der Waals surface area contributed by atoms with Crippen molar-refractivity contribution < 1.29 is 9.90 Å². The van der Waals surface area contributed by atoms with Crippen molar-refractivity contribution in [2.45, 2.75) is 32.6 Å². The zero-order chi connectivity index (χ0) is 11.4. The molecule has 1 N–H and O–H groups in total. The van der Waals surface area contributed by atoms with Gasteiger partial charge in [-0.15, -0.1) is 0 Å². The Morgan fingerprint density at radius 2 is 1.93 bits per heavy atom. The minimum Gasteiger partial charge on any atom is -0.481 e. The van der Waals surface area contributed by atoms with Crippen molar-refractivity contribution in [2.75, 3.05) is 11.5 Å². The molecule has 0 fully saturated rings. The van der Waals surface area contributed by atoms with Gasteiger partial charge in [-0.25, -0.2) is 0 Å². The minimum atomic E-state index is -0.706. The highest BCUT2D eigenvalue weighted by Crippen LogP contribution is 2.05. The summed E-state index contributed by atoms with van der Waals surface area (Å²) >= 11 is 1.70. The van der Waals surface area contributed by atoms with Crippen molar-refractivity contribution in [3.63, 3.8) is 0 Å². The molecule has 0 spiro atoms. The molecule has 86 valence electrons. The number of carboxylic acid groups (broad SMARTS) is 1. The Bertz CT molecular complexity index is 210. The maximum absolute atomic E-state index is 10.2. The minimum absolute atomic E-state index is 0.271. The zero-order valence-corrected chi connectivity index (χ0v) is 10.1. The summed E-state index contributed by atoms with van der Waals surface area (Å²) in [6, 6.07) is 0. The topological polar surface area (TPSA) is 37.3 Å². The average Bonchev–Trinajstić information content (AvgIpc) is 2.20. The first-order valence-corrected chi connectivity index (χ1v) is 6.52. The molecule has 15 heavy (non-hydrogen) atoms. The van der Waals surface area contributed by atoms with Gasteiger partial charge in [-0.2, -0.15) is 11.8 Å². The van der Waals surface area contributed by atoms with E-state index >= 15 is 0 Å². The third-order valence-electron chi connectivity index (χ3n) is 1.73. The van der Waals surface area contributed by atoms with Crippen LogP contribution in [0.1, 0.15) is 32.6 Å². The van der Waals surface area contributed by atoms with E-state index in [0.29, 0.717) is 0 Å². The van der Waals surface area contributed by atoms with Gasteiger partial charge in [0.05, 0.1) is 6.42 Å². The molecule has 0 heterocycles. The Kier molecular flexibility index (Phi) is 10.8. The number of rotatable bonds is 9. The Balaban J connectivity index is 3.16. The molecular weight excluding hydrogens is 208 g/mol. The van der Waals surface area contributed by atoms with Gasteiger partial charge in [-0.3, -0.25) is 4.79 Å². The molecule has 0 radical (unpaired) electrons. The van der Waals surface area contributed by atoms with E-state index in [-0.39, 0.29) is 6.42 Å². The molecule has 0 atom stereocenters. The Morgan fingerprint density at radius 3 is 2.60 bits per heavy atom. The molecule has 0 aliphatic carbocycles. The first-order valence-electron chi connectivity index (χ1n) is 5.37. The average molecular weight is 228 g/mol. The molecule has 0 rings (SSSR count). The largest absolute Gasteiger partial charge is 0.481 e. The molecule has 0 bridgehead atoms. The number of aliphatic carboxylic acids is 1. The Hall–Kier alpha value is -0.700. The molecule has 2 nitrogen and oxygen atoms in total. The second-order valence-electron chi connectivity index (χ2n) is 3.13. The molecule has 0 aromatic carbocycles. The molecule has 0 saturated carbocycles. The lowest BCUT2D eigenvalue weighted by Crippen LogP contribution is -1.96. The first kappa shape index (κ1) is 14.3. The third kappa shape index (κ3) is 13.3. The normalized spacial score (nSPS) is 11.5. The predicted octanol–water partition coefficient (Wildman–Crippen LogP) is 3.50. The highest BCUT2D eigenvalue weighted by molar-refractivity contribution is 7.99. The quantitative estimate of drug-likeness (QED) is 0.485. The fourth-order valence-corrected chi connectivity index (χ4v) is 1.79. The second-order valence-corrected chi connectivity index (χ2v) is 4.36. The SMILES string of the molecule is CC/C=C/C/C=C/CCSCCC(=O)O. The molecule has 0 aromatic heterocycles. The van der Waals surface area contributed by atoms with Crippen molar-refractivity contribution in [3.8, 4) is 0 Å². The van der Waals surface area contributed by atoms with Gasteiger partial charge >= 0.3 is 5.97 Å². The van der Waals surface area contributed by atoms with Gasteiger partial charge in [0.1, 0.15) is 0 Å². The van der Waals surface area contributed by atoms with Crippen LogP contribution in [0.3, 0.4) is 0 Å². The van der Waals surface area contributed by atoms with E-state index in [1.165, 1.54) is 0 Å². The van der Waals surface area contributed by atoms with Crippen LogP contribution in [-0.2, 0) is 4.79 Å². The lowest BCUT2D eigenvalue weighted by atomic mass is 10.3. The molecule has 3 heteroatoms. The van der Waals surface area contributed by atoms with E-state index < -0.39 is 5.97 Å². The monoisotopic (exact) mass is 228 g/mol. The van der Waals surface area contributed by atoms with Gasteiger partial charge in [-0.05, 0) is 25.0 Å². The van der Waals surface area contributed by atoms with Crippen LogP contribution in [0.5, 0.6) is 0 Å². The van der Waals surface area contributed by atoms with Crippen LogP contribution < -0.4 is 0 Å². The third-order valence-corrected chi connectivity index (χ3v) is 2.75. The Labute approximate surface area is 96.5 Å². The van der Waals surface area contributed by atoms with Crippen LogP contribution in [0.25, 0.3) is 0 Å². The van der Waals surface area contributed by atoms with Gasteiger partial charge in [0, 0.05) is 5.75 Å². The molecular formula is C12H20O2S. The standard InChI is InChI=1S/C12H20O2S/c1-2-3-4-5-6-7-8-10-15-11-9-12(13)14/h3-4,6-7H,2,5,8-11H2,1H3,(H,13,14)/b4-3+,7-6+. The molecule has 0 aliphatic rings. The molecule has 0 aromatic rings. The summed E-state index contributed by atoms with van der Waals surface area (Å²) in [5.74, 6) is 1.03. The van der Waals surface area contributed by atoms with Crippen molar-refractivity contribution in [3.05, 3.63) is 24.3 Å². The van der Waals surface area contributed by atoms with Crippen LogP contribution in [0.15, 0.2) is 24.3 Å². The fourth-order valence-electron chi connectivity index (χ4n) is 0.968. The first-order chi connectivity index (χ1) is 7.27. The van der Waals surface area contributed by atoms with E-state index in [1.807, 2.05) is 0 Å². The van der Waals surface area contributed by atoms with Gasteiger partial charge in [-0.1, -0.05) is 31.2 Å². The summed E-state index contributed by atoms with van der Waals surface area (Å²) in [6.07, 6.45) is 12.0. The summed E-state index contributed by atoms with van der Waals surface area (Å²) in [6.45, 7) is 2.12. The Morgan fingerprint density at radius 1 is 1.20 bits per heavy atom. The summed E-state index contributed by atoms with van der Waals surface area (Å²) in [5.41, 5.74) is 0. The fraction of sp³-hybridized carbons (Fsp3) is 0.583. The van der Waals surface area contributed by atoms with Gasteiger partial charge in [0.2, 0.25) is 0 Å². The van der Waals surface area contributed by atoms with E-state index in [9.17, 15) is 4.79 Å². The van der Waals surface area contributed by atoms with Crippen molar-refractivity contribution in [2.24, 2.45) is 0 Å². The highest BCUT2D eigenvalue weighted by Gasteiger charge is 1.94. The number of hydrogen-bond donors (Lipinski definition) is 1. The number of carbonyl (C=O) groups is 1. The summed E-state index contributed by atoms with van der Waals surface area (Å²) in [5, 5.41) is 8.40. The maximum atomic E-state index is 10.2.